The Morgan fingerprint density at radius 3 is 2.75 bits per heavy atom. The molecule has 0 spiro atoms. The number of hydrogen-bond acceptors (Lipinski definition) is 7. The highest BCUT2D eigenvalue weighted by atomic mass is 19.3. The Bertz CT molecular complexity index is 1270. The molecule has 0 aliphatic heterocycles. The van der Waals surface area contributed by atoms with Gasteiger partial charge in [0.05, 0.1) is 35.8 Å². The highest BCUT2D eigenvalue weighted by Gasteiger charge is 2.29. The first-order valence-corrected chi connectivity index (χ1v) is 10.6. The smallest absolute Gasteiger partial charge is 0.256 e. The van der Waals surface area contributed by atoms with E-state index in [2.05, 4.69) is 30.4 Å². The predicted molar refractivity (Wildman–Crippen MR) is 115 cm³/mol. The number of rotatable bonds is 5. The fourth-order valence-corrected chi connectivity index (χ4v) is 4.24. The molecule has 0 aromatic carbocycles. The Kier molecular flexibility index (Phi) is 5.00. The maximum Gasteiger partial charge on any atom is 0.256 e. The van der Waals surface area contributed by atoms with Gasteiger partial charge in [0.15, 0.2) is 11.3 Å². The van der Waals surface area contributed by atoms with E-state index in [4.69, 9.17) is 0 Å². The molecule has 168 valence electrons. The largest absolute Gasteiger partial charge is 0.390 e. The SMILES string of the molecule is Cc1nc2ncc(-c3ccn4nc(NC5CCC(C)(O)CC5)ncc34)nc2n1CC(F)F. The molecule has 0 atom stereocenters. The number of nitrogens with zero attached hydrogens (tertiary/aromatic N) is 7. The molecule has 0 amide bonds. The van der Waals surface area contributed by atoms with Gasteiger partial charge in [0.2, 0.25) is 5.95 Å². The first kappa shape index (κ1) is 20.7. The van der Waals surface area contributed by atoms with Crippen LogP contribution < -0.4 is 5.32 Å². The van der Waals surface area contributed by atoms with E-state index in [1.807, 2.05) is 13.0 Å². The lowest BCUT2D eigenvalue weighted by molar-refractivity contribution is 0.0195. The van der Waals surface area contributed by atoms with E-state index in [0.717, 1.165) is 36.8 Å². The van der Waals surface area contributed by atoms with Gasteiger partial charge in [0.25, 0.3) is 6.43 Å². The summed E-state index contributed by atoms with van der Waals surface area (Å²) in [7, 11) is 0. The van der Waals surface area contributed by atoms with Crippen LogP contribution in [0.3, 0.4) is 0 Å². The molecule has 1 saturated carbocycles. The molecule has 32 heavy (non-hydrogen) atoms. The Hall–Kier alpha value is -3.21. The minimum atomic E-state index is -2.51. The third kappa shape index (κ3) is 3.88. The molecule has 9 nitrogen and oxygen atoms in total. The second kappa shape index (κ2) is 7.73. The number of alkyl halides is 2. The van der Waals surface area contributed by atoms with Crippen LogP contribution in [0.1, 0.15) is 38.4 Å². The molecular formula is C21H24F2N8O. The fourth-order valence-electron chi connectivity index (χ4n) is 4.24. The van der Waals surface area contributed by atoms with Gasteiger partial charge in [0.1, 0.15) is 5.82 Å². The zero-order valence-electron chi connectivity index (χ0n) is 17.8. The van der Waals surface area contributed by atoms with Gasteiger partial charge in [-0.1, -0.05) is 0 Å². The molecule has 1 aliphatic rings. The van der Waals surface area contributed by atoms with Crippen LogP contribution in [-0.4, -0.2) is 57.3 Å². The maximum absolute atomic E-state index is 13.0. The molecule has 1 aliphatic carbocycles. The summed E-state index contributed by atoms with van der Waals surface area (Å²) < 4.78 is 29.1. The van der Waals surface area contributed by atoms with E-state index < -0.39 is 18.6 Å². The lowest BCUT2D eigenvalue weighted by Gasteiger charge is -2.33. The molecule has 5 rings (SSSR count). The molecule has 0 radical (unpaired) electrons. The number of halogens is 2. The van der Waals surface area contributed by atoms with E-state index >= 15 is 0 Å². The van der Waals surface area contributed by atoms with E-state index in [1.165, 1.54) is 4.57 Å². The van der Waals surface area contributed by atoms with Crippen LogP contribution >= 0.6 is 0 Å². The molecule has 4 aromatic heterocycles. The standard InChI is InChI=1S/C21H24F2N8O/c1-12-26-18-19(30(12)11-17(22)23)28-15(9-24-18)14-5-8-31-16(14)10-25-20(29-31)27-13-3-6-21(2,32)7-4-13/h5,8-10,13,17,32H,3-4,6-7,11H2,1-2H3,(H,27,29). The number of aliphatic hydroxyl groups is 1. The summed E-state index contributed by atoms with van der Waals surface area (Å²) in [4.78, 5) is 17.6. The average molecular weight is 442 g/mol. The average Bonchev–Trinajstić information content (AvgIpc) is 3.29. The molecule has 0 bridgehead atoms. The second-order valence-electron chi connectivity index (χ2n) is 8.62. The summed E-state index contributed by atoms with van der Waals surface area (Å²) in [5, 5.41) is 18.0. The lowest BCUT2D eigenvalue weighted by atomic mass is 9.84. The summed E-state index contributed by atoms with van der Waals surface area (Å²) >= 11 is 0. The van der Waals surface area contributed by atoms with Crippen molar-refractivity contribution in [2.24, 2.45) is 0 Å². The van der Waals surface area contributed by atoms with Crippen molar-refractivity contribution in [3.63, 3.8) is 0 Å². The van der Waals surface area contributed by atoms with Gasteiger partial charge in [0, 0.05) is 17.8 Å². The fraction of sp³-hybridized carbons (Fsp3) is 0.476. The van der Waals surface area contributed by atoms with E-state index in [0.29, 0.717) is 28.8 Å². The quantitative estimate of drug-likeness (QED) is 0.489. The third-order valence-corrected chi connectivity index (χ3v) is 6.06. The summed E-state index contributed by atoms with van der Waals surface area (Å²) in [6.07, 6.45) is 5.76. The summed E-state index contributed by atoms with van der Waals surface area (Å²) in [5.74, 6) is 0.959. The van der Waals surface area contributed by atoms with Crippen LogP contribution in [0.2, 0.25) is 0 Å². The summed E-state index contributed by atoms with van der Waals surface area (Å²) in [6, 6.07) is 2.07. The molecule has 0 saturated heterocycles. The van der Waals surface area contributed by atoms with Crippen LogP contribution in [0.4, 0.5) is 14.7 Å². The Morgan fingerprint density at radius 1 is 1.22 bits per heavy atom. The van der Waals surface area contributed by atoms with Gasteiger partial charge < -0.3 is 15.0 Å². The van der Waals surface area contributed by atoms with Crippen molar-refractivity contribution in [1.82, 2.24) is 34.1 Å². The minimum absolute atomic E-state index is 0.217. The summed E-state index contributed by atoms with van der Waals surface area (Å²) in [5.41, 5.74) is 2.09. The zero-order valence-corrected chi connectivity index (χ0v) is 17.8. The van der Waals surface area contributed by atoms with Crippen molar-refractivity contribution < 1.29 is 13.9 Å². The number of fused-ring (bicyclic) bond motifs is 2. The number of aromatic nitrogens is 7. The van der Waals surface area contributed by atoms with Crippen molar-refractivity contribution in [1.29, 1.82) is 0 Å². The van der Waals surface area contributed by atoms with Crippen LogP contribution in [0, 0.1) is 6.92 Å². The molecule has 4 heterocycles. The molecular weight excluding hydrogens is 418 g/mol. The van der Waals surface area contributed by atoms with Crippen molar-refractivity contribution >= 4 is 22.8 Å². The predicted octanol–water partition coefficient (Wildman–Crippen LogP) is 3.22. The molecule has 4 aromatic rings. The normalized spacial score (nSPS) is 21.6. The third-order valence-electron chi connectivity index (χ3n) is 6.06. The van der Waals surface area contributed by atoms with Crippen LogP contribution in [0.5, 0.6) is 0 Å². The Morgan fingerprint density at radius 2 is 2.00 bits per heavy atom. The van der Waals surface area contributed by atoms with E-state index in [-0.39, 0.29) is 6.04 Å². The zero-order chi connectivity index (χ0) is 22.5. The Labute approximate surface area is 182 Å². The van der Waals surface area contributed by atoms with Crippen LogP contribution in [0.15, 0.2) is 24.7 Å². The first-order valence-electron chi connectivity index (χ1n) is 10.6. The van der Waals surface area contributed by atoms with Crippen LogP contribution in [-0.2, 0) is 6.54 Å². The van der Waals surface area contributed by atoms with E-state index in [9.17, 15) is 13.9 Å². The highest BCUT2D eigenvalue weighted by molar-refractivity contribution is 5.80. The maximum atomic E-state index is 13.0. The number of hydrogen-bond donors (Lipinski definition) is 2. The highest BCUT2D eigenvalue weighted by Crippen LogP contribution is 2.29. The van der Waals surface area contributed by atoms with Gasteiger partial charge >= 0.3 is 0 Å². The molecule has 11 heteroatoms. The van der Waals surface area contributed by atoms with E-state index in [1.54, 1.807) is 30.0 Å². The topological polar surface area (TPSA) is 106 Å². The van der Waals surface area contributed by atoms with Gasteiger partial charge in [-0.15, -0.1) is 5.10 Å². The first-order chi connectivity index (χ1) is 15.3. The molecule has 0 unspecified atom stereocenters. The van der Waals surface area contributed by atoms with Gasteiger partial charge in [-0.05, 0) is 45.6 Å². The Balaban J connectivity index is 1.43. The number of nitrogens with one attached hydrogen (secondary N) is 1. The molecule has 2 N–H and O–H groups in total. The second-order valence-corrected chi connectivity index (χ2v) is 8.62. The van der Waals surface area contributed by atoms with Crippen molar-refractivity contribution in [3.05, 3.63) is 30.5 Å². The lowest BCUT2D eigenvalue weighted by Crippen LogP contribution is -2.36. The van der Waals surface area contributed by atoms with Crippen molar-refractivity contribution in [3.8, 4) is 11.3 Å². The van der Waals surface area contributed by atoms with Gasteiger partial charge in [-0.3, -0.25) is 0 Å². The summed E-state index contributed by atoms with van der Waals surface area (Å²) in [6.45, 7) is 3.05. The van der Waals surface area contributed by atoms with Crippen LogP contribution in [0.25, 0.3) is 28.1 Å². The monoisotopic (exact) mass is 442 g/mol. The minimum Gasteiger partial charge on any atom is -0.390 e. The van der Waals surface area contributed by atoms with Crippen molar-refractivity contribution in [2.45, 2.75) is 64.1 Å². The van der Waals surface area contributed by atoms with Gasteiger partial charge in [-0.25, -0.2) is 33.2 Å². The number of imidazole rings is 1. The number of anilines is 1. The van der Waals surface area contributed by atoms with Gasteiger partial charge in [-0.2, -0.15) is 0 Å². The number of aryl methyl sites for hydroxylation is 1. The van der Waals surface area contributed by atoms with Crippen molar-refractivity contribution in [2.75, 3.05) is 5.32 Å². The molecule has 1 fully saturated rings.